The first-order chi connectivity index (χ1) is 12.0. The van der Waals surface area contributed by atoms with Crippen molar-refractivity contribution < 1.29 is 9.53 Å². The molecular weight excluding hydrogens is 320 g/mol. The predicted molar refractivity (Wildman–Crippen MR) is 94.3 cm³/mol. The van der Waals surface area contributed by atoms with E-state index in [9.17, 15) is 9.59 Å². The number of piperidine rings is 1. The fourth-order valence-corrected chi connectivity index (χ4v) is 3.78. The first-order valence-corrected chi connectivity index (χ1v) is 9.16. The monoisotopic (exact) mass is 348 g/mol. The molecule has 3 rings (SSSR count). The Morgan fingerprint density at radius 2 is 2.04 bits per heavy atom. The third-order valence-corrected chi connectivity index (χ3v) is 5.24. The number of hydrogen-bond acceptors (Lipinski definition) is 5. The zero-order valence-corrected chi connectivity index (χ0v) is 15.3. The van der Waals surface area contributed by atoms with E-state index in [1.807, 2.05) is 4.90 Å². The Bertz CT molecular complexity index is 665. The van der Waals surface area contributed by atoms with Crippen LogP contribution in [0.4, 0.5) is 0 Å². The number of aryl methyl sites for hydroxylation is 1. The Balaban J connectivity index is 1.74. The number of nitrogens with one attached hydrogen (secondary N) is 1. The van der Waals surface area contributed by atoms with Crippen LogP contribution < -0.4 is 5.56 Å². The predicted octanol–water partition coefficient (Wildman–Crippen LogP) is 1.10. The second-order valence-electron chi connectivity index (χ2n) is 7.28. The minimum absolute atomic E-state index is 0.0543. The topological polar surface area (TPSA) is 78.5 Å². The first kappa shape index (κ1) is 18.1. The summed E-state index contributed by atoms with van der Waals surface area (Å²) in [5.41, 5.74) is 0.430. The van der Waals surface area contributed by atoms with Crippen LogP contribution in [0, 0.1) is 12.8 Å². The van der Waals surface area contributed by atoms with E-state index in [2.05, 4.69) is 28.7 Å². The van der Waals surface area contributed by atoms with Crippen molar-refractivity contribution in [2.24, 2.45) is 5.92 Å². The van der Waals surface area contributed by atoms with E-state index < -0.39 is 0 Å². The summed E-state index contributed by atoms with van der Waals surface area (Å²) in [7, 11) is 0. The summed E-state index contributed by atoms with van der Waals surface area (Å²) in [5, 5.41) is 0. The maximum absolute atomic E-state index is 13.1. The standard InChI is InChI=1S/C18H28N4O3/c1-12(2)21-6-4-14(5-7-21)18(24)22-8-9-25-11-16(22)15-10-17(23)20-13(3)19-15/h10,12,14,16H,4-9,11H2,1-3H3,(H,19,20,23)/t16-/m0/s1. The number of carbonyl (C=O) groups is 1. The molecular formula is C18H28N4O3. The normalized spacial score (nSPS) is 23.2. The smallest absolute Gasteiger partial charge is 0.251 e. The van der Waals surface area contributed by atoms with Crippen LogP contribution >= 0.6 is 0 Å². The van der Waals surface area contributed by atoms with Gasteiger partial charge in [-0.3, -0.25) is 9.59 Å². The molecule has 0 radical (unpaired) electrons. The molecule has 2 fully saturated rings. The van der Waals surface area contributed by atoms with Gasteiger partial charge in [-0.25, -0.2) is 4.98 Å². The van der Waals surface area contributed by atoms with Gasteiger partial charge in [0.25, 0.3) is 5.56 Å². The van der Waals surface area contributed by atoms with Gasteiger partial charge < -0.3 is 19.5 Å². The molecule has 25 heavy (non-hydrogen) atoms. The Hall–Kier alpha value is -1.73. The van der Waals surface area contributed by atoms with Crippen molar-refractivity contribution in [1.29, 1.82) is 0 Å². The molecule has 1 aromatic rings. The number of hydrogen-bond donors (Lipinski definition) is 1. The van der Waals surface area contributed by atoms with Gasteiger partial charge in [0.15, 0.2) is 0 Å². The second kappa shape index (κ2) is 7.66. The van der Waals surface area contributed by atoms with Crippen LogP contribution in [0.1, 0.15) is 44.2 Å². The maximum Gasteiger partial charge on any atom is 0.251 e. The number of ether oxygens (including phenoxy) is 1. The van der Waals surface area contributed by atoms with Gasteiger partial charge in [-0.1, -0.05) is 0 Å². The molecule has 0 spiro atoms. The molecule has 2 aliphatic heterocycles. The van der Waals surface area contributed by atoms with Crippen molar-refractivity contribution in [2.45, 2.75) is 45.7 Å². The van der Waals surface area contributed by atoms with Gasteiger partial charge in [0.1, 0.15) is 5.82 Å². The molecule has 0 saturated carbocycles. The summed E-state index contributed by atoms with van der Waals surface area (Å²) in [4.78, 5) is 36.3. The molecule has 2 aliphatic rings. The van der Waals surface area contributed by atoms with Crippen molar-refractivity contribution in [3.05, 3.63) is 27.9 Å². The van der Waals surface area contributed by atoms with Gasteiger partial charge in [0.05, 0.1) is 24.9 Å². The van der Waals surface area contributed by atoms with E-state index in [4.69, 9.17) is 4.74 Å². The molecule has 138 valence electrons. The van der Waals surface area contributed by atoms with Gasteiger partial charge in [-0.15, -0.1) is 0 Å². The molecule has 0 aromatic carbocycles. The molecule has 3 heterocycles. The van der Waals surface area contributed by atoms with Gasteiger partial charge in [0, 0.05) is 24.6 Å². The SMILES string of the molecule is Cc1nc([C@@H]2COCCN2C(=O)C2CCN(C(C)C)CC2)cc(=O)[nH]1. The Kier molecular flexibility index (Phi) is 5.54. The molecule has 1 amide bonds. The third-order valence-electron chi connectivity index (χ3n) is 5.24. The minimum Gasteiger partial charge on any atom is -0.377 e. The Labute approximate surface area is 148 Å². The van der Waals surface area contributed by atoms with Gasteiger partial charge in [-0.05, 0) is 46.7 Å². The summed E-state index contributed by atoms with van der Waals surface area (Å²) in [6, 6.07) is 1.73. The Morgan fingerprint density at radius 1 is 1.32 bits per heavy atom. The lowest BCUT2D eigenvalue weighted by molar-refractivity contribution is -0.146. The van der Waals surface area contributed by atoms with Crippen molar-refractivity contribution in [1.82, 2.24) is 19.8 Å². The number of amides is 1. The van der Waals surface area contributed by atoms with Gasteiger partial charge in [-0.2, -0.15) is 0 Å². The van der Waals surface area contributed by atoms with Crippen molar-refractivity contribution in [2.75, 3.05) is 32.8 Å². The average molecular weight is 348 g/mol. The van der Waals surface area contributed by atoms with Crippen LogP contribution in [0.3, 0.4) is 0 Å². The molecule has 1 N–H and O–H groups in total. The van der Waals surface area contributed by atoms with Crippen LogP contribution in [0.2, 0.25) is 0 Å². The summed E-state index contributed by atoms with van der Waals surface area (Å²) < 4.78 is 5.58. The zero-order valence-electron chi connectivity index (χ0n) is 15.3. The van der Waals surface area contributed by atoms with E-state index in [-0.39, 0.29) is 23.4 Å². The highest BCUT2D eigenvalue weighted by Crippen LogP contribution is 2.28. The quantitative estimate of drug-likeness (QED) is 0.885. The lowest BCUT2D eigenvalue weighted by Gasteiger charge is -2.40. The molecule has 0 aliphatic carbocycles. The van der Waals surface area contributed by atoms with Crippen LogP contribution in [0.25, 0.3) is 0 Å². The third kappa shape index (κ3) is 4.10. The summed E-state index contributed by atoms with van der Waals surface area (Å²) in [5.74, 6) is 0.792. The summed E-state index contributed by atoms with van der Waals surface area (Å²) in [6.07, 6.45) is 1.78. The molecule has 1 aromatic heterocycles. The average Bonchev–Trinajstić information content (AvgIpc) is 2.60. The van der Waals surface area contributed by atoms with E-state index >= 15 is 0 Å². The number of morpholine rings is 1. The summed E-state index contributed by atoms with van der Waals surface area (Å²) in [6.45, 7) is 9.56. The van der Waals surface area contributed by atoms with E-state index in [0.717, 1.165) is 25.9 Å². The number of H-pyrrole nitrogens is 1. The number of aromatic nitrogens is 2. The molecule has 0 unspecified atom stereocenters. The van der Waals surface area contributed by atoms with Crippen molar-refractivity contribution in [3.63, 3.8) is 0 Å². The maximum atomic E-state index is 13.1. The van der Waals surface area contributed by atoms with E-state index in [1.165, 1.54) is 6.07 Å². The molecule has 2 saturated heterocycles. The van der Waals surface area contributed by atoms with Gasteiger partial charge >= 0.3 is 0 Å². The number of aromatic amines is 1. The second-order valence-corrected chi connectivity index (χ2v) is 7.28. The minimum atomic E-state index is -0.273. The zero-order chi connectivity index (χ0) is 18.0. The van der Waals surface area contributed by atoms with Crippen LogP contribution in [0.5, 0.6) is 0 Å². The Morgan fingerprint density at radius 3 is 2.68 bits per heavy atom. The molecule has 1 atom stereocenters. The molecule has 7 heteroatoms. The number of carbonyl (C=O) groups excluding carboxylic acids is 1. The first-order valence-electron chi connectivity index (χ1n) is 9.16. The van der Waals surface area contributed by atoms with Crippen molar-refractivity contribution in [3.8, 4) is 0 Å². The highest BCUT2D eigenvalue weighted by atomic mass is 16.5. The molecule has 0 bridgehead atoms. The number of likely N-dealkylation sites (tertiary alicyclic amines) is 1. The van der Waals surface area contributed by atoms with E-state index in [1.54, 1.807) is 6.92 Å². The highest BCUT2D eigenvalue weighted by molar-refractivity contribution is 5.79. The largest absolute Gasteiger partial charge is 0.377 e. The van der Waals surface area contributed by atoms with Crippen LogP contribution in [-0.2, 0) is 9.53 Å². The number of rotatable bonds is 3. The summed E-state index contributed by atoms with van der Waals surface area (Å²) >= 11 is 0. The fourth-order valence-electron chi connectivity index (χ4n) is 3.78. The lowest BCUT2D eigenvalue weighted by atomic mass is 9.93. The van der Waals surface area contributed by atoms with Crippen LogP contribution in [0.15, 0.2) is 10.9 Å². The van der Waals surface area contributed by atoms with Crippen LogP contribution in [-0.4, -0.2) is 64.6 Å². The van der Waals surface area contributed by atoms with Crippen molar-refractivity contribution >= 4 is 5.91 Å². The number of nitrogens with zero attached hydrogens (tertiary/aromatic N) is 3. The lowest BCUT2D eigenvalue weighted by Crippen LogP contribution is -2.49. The van der Waals surface area contributed by atoms with E-state index in [0.29, 0.717) is 37.3 Å². The van der Waals surface area contributed by atoms with Gasteiger partial charge in [0.2, 0.25) is 5.91 Å². The highest BCUT2D eigenvalue weighted by Gasteiger charge is 2.35. The molecule has 7 nitrogen and oxygen atoms in total. The fraction of sp³-hybridized carbons (Fsp3) is 0.722.